The number of hydrogen-bond acceptors (Lipinski definition) is 4. The van der Waals surface area contributed by atoms with Crippen molar-refractivity contribution in [3.8, 4) is 0 Å². The molecule has 0 radical (unpaired) electrons. The van der Waals surface area contributed by atoms with E-state index in [1.165, 1.54) is 18.2 Å². The molecular formula is C14H21ClN2O3S2. The molecule has 1 amide bonds. The summed E-state index contributed by atoms with van der Waals surface area (Å²) in [6, 6.07) is 4.45. The van der Waals surface area contributed by atoms with E-state index in [9.17, 15) is 13.2 Å². The van der Waals surface area contributed by atoms with Crippen molar-refractivity contribution in [1.82, 2.24) is 5.32 Å². The van der Waals surface area contributed by atoms with Crippen molar-refractivity contribution in [2.75, 3.05) is 23.3 Å². The Morgan fingerprint density at radius 3 is 2.45 bits per heavy atom. The van der Waals surface area contributed by atoms with Crippen LogP contribution in [-0.4, -0.2) is 37.6 Å². The molecule has 0 aliphatic rings. The van der Waals surface area contributed by atoms with Crippen LogP contribution in [0.3, 0.4) is 0 Å². The summed E-state index contributed by atoms with van der Waals surface area (Å²) >= 11 is 7.75. The average molecular weight is 365 g/mol. The van der Waals surface area contributed by atoms with E-state index in [1.807, 2.05) is 0 Å². The van der Waals surface area contributed by atoms with Crippen molar-refractivity contribution in [3.63, 3.8) is 0 Å². The topological polar surface area (TPSA) is 75.3 Å². The third-order valence-corrected chi connectivity index (χ3v) is 4.63. The van der Waals surface area contributed by atoms with Crippen molar-refractivity contribution >= 4 is 45.0 Å². The number of nitrogens with one attached hydrogen (secondary N) is 2. The maximum atomic E-state index is 12.0. The molecule has 1 aromatic rings. The molecule has 0 saturated carbocycles. The van der Waals surface area contributed by atoms with E-state index in [1.54, 1.807) is 11.8 Å². The van der Waals surface area contributed by atoms with Gasteiger partial charge in [-0.2, -0.15) is 11.8 Å². The minimum Gasteiger partial charge on any atom is -0.351 e. The van der Waals surface area contributed by atoms with Gasteiger partial charge >= 0.3 is 0 Å². The summed E-state index contributed by atoms with van der Waals surface area (Å²) in [6.45, 7) is 6.91. The number of carbonyl (C=O) groups is 1. The Kier molecular flexibility index (Phi) is 6.58. The lowest BCUT2D eigenvalue weighted by molar-refractivity contribution is 0.0956. The van der Waals surface area contributed by atoms with Gasteiger partial charge in [-0.15, -0.1) is 0 Å². The molecule has 0 saturated heterocycles. The van der Waals surface area contributed by atoms with E-state index in [0.717, 1.165) is 12.0 Å². The Hall–Kier alpha value is -0.920. The van der Waals surface area contributed by atoms with Crippen LogP contribution in [0.5, 0.6) is 0 Å². The molecule has 0 unspecified atom stereocenters. The maximum absolute atomic E-state index is 12.0. The van der Waals surface area contributed by atoms with Crippen LogP contribution in [0, 0.1) is 0 Å². The fourth-order valence-electron chi connectivity index (χ4n) is 1.56. The Morgan fingerprint density at radius 2 is 1.95 bits per heavy atom. The van der Waals surface area contributed by atoms with Crippen molar-refractivity contribution in [1.29, 1.82) is 0 Å². The number of carbonyl (C=O) groups excluding carboxylic acids is 1. The third kappa shape index (κ3) is 7.38. The van der Waals surface area contributed by atoms with Gasteiger partial charge in [0.15, 0.2) is 0 Å². The number of rotatable bonds is 6. The molecule has 124 valence electrons. The molecule has 0 heterocycles. The molecule has 5 nitrogen and oxygen atoms in total. The molecule has 1 aromatic carbocycles. The van der Waals surface area contributed by atoms with Crippen LogP contribution >= 0.6 is 23.4 Å². The maximum Gasteiger partial charge on any atom is 0.251 e. The number of sulfonamides is 1. The monoisotopic (exact) mass is 364 g/mol. The lowest BCUT2D eigenvalue weighted by Crippen LogP contribution is -2.27. The molecule has 0 bridgehead atoms. The molecule has 0 aliphatic heterocycles. The molecule has 1 rings (SSSR count). The van der Waals surface area contributed by atoms with Crippen LogP contribution < -0.4 is 10.0 Å². The highest BCUT2D eigenvalue weighted by Gasteiger charge is 2.12. The molecule has 0 atom stereocenters. The van der Waals surface area contributed by atoms with Gasteiger partial charge in [0.1, 0.15) is 0 Å². The first kappa shape index (κ1) is 19.1. The molecule has 0 fully saturated rings. The van der Waals surface area contributed by atoms with Gasteiger partial charge in [-0.25, -0.2) is 8.42 Å². The van der Waals surface area contributed by atoms with Crippen LogP contribution in [0.15, 0.2) is 18.2 Å². The normalized spacial score (nSPS) is 12.0. The first-order chi connectivity index (χ1) is 9.98. The third-order valence-electron chi connectivity index (χ3n) is 2.45. The van der Waals surface area contributed by atoms with Gasteiger partial charge in [-0.05, 0) is 18.2 Å². The smallest absolute Gasteiger partial charge is 0.251 e. The Labute approximate surface area is 141 Å². The largest absolute Gasteiger partial charge is 0.351 e. The number of halogens is 1. The molecule has 0 aromatic heterocycles. The van der Waals surface area contributed by atoms with Crippen LogP contribution in [0.4, 0.5) is 5.69 Å². The fourth-order valence-corrected chi connectivity index (χ4v) is 3.24. The number of thioether (sulfide) groups is 1. The van der Waals surface area contributed by atoms with Crippen LogP contribution in [0.2, 0.25) is 5.02 Å². The van der Waals surface area contributed by atoms with Gasteiger partial charge in [0.05, 0.1) is 17.0 Å². The van der Waals surface area contributed by atoms with Crippen LogP contribution in [0.25, 0.3) is 0 Å². The first-order valence-corrected chi connectivity index (χ1v) is 9.93. The summed E-state index contributed by atoms with van der Waals surface area (Å²) in [7, 11) is -3.40. The highest BCUT2D eigenvalue weighted by atomic mass is 35.5. The van der Waals surface area contributed by atoms with Crippen LogP contribution in [0.1, 0.15) is 31.1 Å². The minimum absolute atomic E-state index is 0.160. The van der Waals surface area contributed by atoms with E-state index < -0.39 is 10.0 Å². The summed E-state index contributed by atoms with van der Waals surface area (Å²) in [5.74, 6) is 0.582. The summed E-state index contributed by atoms with van der Waals surface area (Å²) in [6.07, 6.45) is 1.04. The van der Waals surface area contributed by atoms with Gasteiger partial charge in [-0.3, -0.25) is 9.52 Å². The highest BCUT2D eigenvalue weighted by molar-refractivity contribution is 8.00. The molecule has 8 heteroatoms. The number of anilines is 1. The predicted molar refractivity (Wildman–Crippen MR) is 94.5 cm³/mol. The number of amides is 1. The minimum atomic E-state index is -3.40. The predicted octanol–water partition coefficient (Wildman–Crippen LogP) is 2.97. The van der Waals surface area contributed by atoms with Gasteiger partial charge in [0.2, 0.25) is 10.0 Å². The van der Waals surface area contributed by atoms with E-state index in [4.69, 9.17) is 11.6 Å². The lowest BCUT2D eigenvalue weighted by atomic mass is 10.2. The summed E-state index contributed by atoms with van der Waals surface area (Å²) in [5, 5.41) is 2.99. The summed E-state index contributed by atoms with van der Waals surface area (Å²) in [4.78, 5) is 12.0. The van der Waals surface area contributed by atoms with Gasteiger partial charge < -0.3 is 5.32 Å². The fraction of sp³-hybridized carbons (Fsp3) is 0.500. The molecular weight excluding hydrogens is 344 g/mol. The SMILES string of the molecule is CC(C)(C)SCCNC(=O)c1ccc(NS(C)(=O)=O)c(Cl)c1. The second-order valence-electron chi connectivity index (χ2n) is 5.79. The second-order valence-corrected chi connectivity index (χ2v) is 9.86. The molecule has 22 heavy (non-hydrogen) atoms. The van der Waals surface area contributed by atoms with E-state index >= 15 is 0 Å². The van der Waals surface area contributed by atoms with E-state index in [-0.39, 0.29) is 21.4 Å². The van der Waals surface area contributed by atoms with Crippen molar-refractivity contribution in [2.45, 2.75) is 25.5 Å². The summed E-state index contributed by atoms with van der Waals surface area (Å²) < 4.78 is 24.8. The second kappa shape index (κ2) is 7.57. The Balaban J connectivity index is 2.62. The summed E-state index contributed by atoms with van der Waals surface area (Å²) in [5.41, 5.74) is 0.647. The van der Waals surface area contributed by atoms with Crippen LogP contribution in [-0.2, 0) is 10.0 Å². The van der Waals surface area contributed by atoms with E-state index in [0.29, 0.717) is 12.1 Å². The molecule has 2 N–H and O–H groups in total. The van der Waals surface area contributed by atoms with E-state index in [2.05, 4.69) is 30.8 Å². The average Bonchev–Trinajstić information content (AvgIpc) is 2.34. The highest BCUT2D eigenvalue weighted by Crippen LogP contribution is 2.24. The number of benzene rings is 1. The zero-order chi connectivity index (χ0) is 17.0. The zero-order valence-corrected chi connectivity index (χ0v) is 15.5. The molecule has 0 spiro atoms. The Morgan fingerprint density at radius 1 is 1.32 bits per heavy atom. The van der Waals surface area contributed by atoms with Crippen molar-refractivity contribution < 1.29 is 13.2 Å². The number of hydrogen-bond donors (Lipinski definition) is 2. The van der Waals surface area contributed by atoms with Gasteiger partial charge in [-0.1, -0.05) is 32.4 Å². The van der Waals surface area contributed by atoms with Gasteiger partial charge in [0.25, 0.3) is 5.91 Å². The van der Waals surface area contributed by atoms with Crippen molar-refractivity contribution in [2.24, 2.45) is 0 Å². The quantitative estimate of drug-likeness (QED) is 0.761. The van der Waals surface area contributed by atoms with Crippen molar-refractivity contribution in [3.05, 3.63) is 28.8 Å². The Bertz CT molecular complexity index is 640. The van der Waals surface area contributed by atoms with Gasteiger partial charge in [0, 0.05) is 22.6 Å². The standard InChI is InChI=1S/C14H21ClN2O3S2/c1-14(2,3)21-8-7-16-13(18)10-5-6-12(11(15)9-10)17-22(4,19)20/h5-6,9,17H,7-8H2,1-4H3,(H,16,18). The zero-order valence-electron chi connectivity index (χ0n) is 13.1. The lowest BCUT2D eigenvalue weighted by Gasteiger charge is -2.17. The molecule has 0 aliphatic carbocycles. The first-order valence-electron chi connectivity index (χ1n) is 6.67.